The van der Waals surface area contributed by atoms with E-state index in [9.17, 15) is 43.2 Å². The summed E-state index contributed by atoms with van der Waals surface area (Å²) in [5.41, 5.74) is 0. The fraction of sp³-hybridized carbons (Fsp3) is 0.942. The number of esters is 4. The van der Waals surface area contributed by atoms with Crippen LogP contribution in [0, 0.1) is 23.7 Å². The van der Waals surface area contributed by atoms with E-state index >= 15 is 0 Å². The number of phosphoric ester groups is 2. The number of ether oxygens (including phenoxy) is 4. The first-order valence-corrected chi connectivity index (χ1v) is 38.7. The average molecular weight is 1300 g/mol. The molecule has 0 saturated carbocycles. The lowest BCUT2D eigenvalue weighted by Crippen LogP contribution is -2.30. The zero-order valence-electron chi connectivity index (χ0n) is 57.3. The molecule has 0 aliphatic rings. The standard InChI is InChI=1S/C69H134O17P2/c1-9-62(8)48-40-32-24-18-19-27-36-44-52-69(74)86-64(55-79-66(71)49-41-33-25-16-12-10-11-14-21-29-37-45-59(2)3)57-83-87(75,76)81-53-63(70)54-82-88(77,78)84-58-65(56-80-67(72)50-42-34-28-20-23-31-39-47-61(6)7)85-68(73)51-43-35-26-17-13-15-22-30-38-46-60(4)5/h59-65,70H,9-58H2,1-8H3,(H,75,76)(H,77,78)/t62?,63?,64-,65-/m1/s1. The Balaban J connectivity index is 5.26. The van der Waals surface area contributed by atoms with Gasteiger partial charge in [-0.15, -0.1) is 0 Å². The van der Waals surface area contributed by atoms with Gasteiger partial charge in [-0.2, -0.15) is 0 Å². The maximum atomic E-state index is 13.0. The summed E-state index contributed by atoms with van der Waals surface area (Å²) in [6.07, 6.45) is 40.3. The molecule has 0 rings (SSSR count). The third-order valence-corrected chi connectivity index (χ3v) is 18.1. The molecular formula is C69H134O17P2. The Morgan fingerprint density at radius 3 is 0.807 bits per heavy atom. The van der Waals surface area contributed by atoms with E-state index in [4.69, 9.17) is 37.0 Å². The Labute approximate surface area is 537 Å². The quantitative estimate of drug-likeness (QED) is 0.0222. The van der Waals surface area contributed by atoms with Gasteiger partial charge in [0.05, 0.1) is 26.4 Å². The molecule has 0 aromatic heterocycles. The Morgan fingerprint density at radius 1 is 0.318 bits per heavy atom. The van der Waals surface area contributed by atoms with Crippen LogP contribution < -0.4 is 0 Å². The average Bonchev–Trinajstić information content (AvgIpc) is 3.70. The van der Waals surface area contributed by atoms with Crippen LogP contribution in [0.25, 0.3) is 0 Å². The third-order valence-electron chi connectivity index (χ3n) is 16.2. The Bertz CT molecular complexity index is 1750. The molecular weight excluding hydrogens is 1160 g/mol. The summed E-state index contributed by atoms with van der Waals surface area (Å²) in [5.74, 6) is 0.849. The lowest BCUT2D eigenvalue weighted by atomic mass is 9.99. The smallest absolute Gasteiger partial charge is 0.462 e. The number of aliphatic hydroxyl groups excluding tert-OH is 1. The highest BCUT2D eigenvalue weighted by atomic mass is 31.2. The van der Waals surface area contributed by atoms with Crippen molar-refractivity contribution in [3.05, 3.63) is 0 Å². The van der Waals surface area contributed by atoms with Crippen molar-refractivity contribution in [2.24, 2.45) is 23.7 Å². The monoisotopic (exact) mass is 1300 g/mol. The van der Waals surface area contributed by atoms with Crippen LogP contribution >= 0.6 is 15.6 Å². The summed E-state index contributed by atoms with van der Waals surface area (Å²) in [6.45, 7) is 14.1. The summed E-state index contributed by atoms with van der Waals surface area (Å²) in [5, 5.41) is 10.6. The first kappa shape index (κ1) is 86.1. The highest BCUT2D eigenvalue weighted by Gasteiger charge is 2.30. The number of phosphoric acid groups is 2. The van der Waals surface area contributed by atoms with Crippen molar-refractivity contribution in [2.75, 3.05) is 39.6 Å². The molecule has 0 aromatic rings. The maximum absolute atomic E-state index is 13.0. The van der Waals surface area contributed by atoms with Gasteiger partial charge in [-0.25, -0.2) is 9.13 Å². The van der Waals surface area contributed by atoms with Gasteiger partial charge in [0.2, 0.25) is 0 Å². The fourth-order valence-corrected chi connectivity index (χ4v) is 11.9. The van der Waals surface area contributed by atoms with Crippen molar-refractivity contribution in [3.8, 4) is 0 Å². The van der Waals surface area contributed by atoms with Crippen LogP contribution in [0.2, 0.25) is 0 Å². The predicted octanol–water partition coefficient (Wildman–Crippen LogP) is 19.3. The van der Waals surface area contributed by atoms with Crippen LogP contribution in [0.4, 0.5) is 0 Å². The zero-order valence-corrected chi connectivity index (χ0v) is 59.1. The van der Waals surface area contributed by atoms with Crippen molar-refractivity contribution in [1.82, 2.24) is 0 Å². The Kier molecular flexibility index (Phi) is 57.6. The van der Waals surface area contributed by atoms with Crippen molar-refractivity contribution in [1.29, 1.82) is 0 Å². The molecule has 0 aliphatic carbocycles. The first-order valence-electron chi connectivity index (χ1n) is 35.7. The van der Waals surface area contributed by atoms with Crippen molar-refractivity contribution >= 4 is 39.5 Å². The number of unbranched alkanes of at least 4 members (excludes halogenated alkanes) is 31. The molecule has 17 nitrogen and oxygen atoms in total. The number of hydrogen-bond acceptors (Lipinski definition) is 15. The van der Waals surface area contributed by atoms with E-state index in [-0.39, 0.29) is 25.7 Å². The molecule has 0 radical (unpaired) electrons. The number of aliphatic hydroxyl groups is 1. The molecule has 0 fully saturated rings. The van der Waals surface area contributed by atoms with Gasteiger partial charge in [0.1, 0.15) is 19.3 Å². The van der Waals surface area contributed by atoms with Crippen LogP contribution in [-0.4, -0.2) is 96.7 Å². The summed E-state index contributed by atoms with van der Waals surface area (Å²) in [6, 6.07) is 0. The summed E-state index contributed by atoms with van der Waals surface area (Å²) < 4.78 is 68.2. The maximum Gasteiger partial charge on any atom is 0.472 e. The fourth-order valence-electron chi connectivity index (χ4n) is 10.3. The largest absolute Gasteiger partial charge is 0.472 e. The molecule has 3 N–H and O–H groups in total. The minimum atomic E-state index is -4.95. The molecule has 0 bridgehead atoms. The van der Waals surface area contributed by atoms with Gasteiger partial charge >= 0.3 is 39.5 Å². The van der Waals surface area contributed by atoms with Crippen molar-refractivity contribution < 1.29 is 80.2 Å². The van der Waals surface area contributed by atoms with Crippen molar-refractivity contribution in [2.45, 2.75) is 356 Å². The number of carbonyl (C=O) groups is 4. The van der Waals surface area contributed by atoms with Crippen LogP contribution in [0.5, 0.6) is 0 Å². The Hall–Kier alpha value is -1.94. The molecule has 0 heterocycles. The molecule has 522 valence electrons. The third kappa shape index (κ3) is 61.6. The zero-order chi connectivity index (χ0) is 65.4. The minimum absolute atomic E-state index is 0.104. The lowest BCUT2D eigenvalue weighted by molar-refractivity contribution is -0.161. The highest BCUT2D eigenvalue weighted by molar-refractivity contribution is 7.47. The summed E-state index contributed by atoms with van der Waals surface area (Å²) >= 11 is 0. The summed E-state index contributed by atoms with van der Waals surface area (Å²) in [7, 11) is -9.90. The lowest BCUT2D eigenvalue weighted by Gasteiger charge is -2.21. The van der Waals surface area contributed by atoms with Crippen LogP contribution in [0.3, 0.4) is 0 Å². The first-order chi connectivity index (χ1) is 42.1. The van der Waals surface area contributed by atoms with Crippen LogP contribution in [0.15, 0.2) is 0 Å². The van der Waals surface area contributed by atoms with E-state index in [0.717, 1.165) is 114 Å². The van der Waals surface area contributed by atoms with Gasteiger partial charge in [-0.3, -0.25) is 37.3 Å². The Morgan fingerprint density at radius 2 is 0.545 bits per heavy atom. The SMILES string of the molecule is CCC(C)CCCCCCCCCCC(=O)O[C@H](COC(=O)CCCCCCCCCCCCCC(C)C)COP(=O)(O)OCC(O)COP(=O)(O)OC[C@@H](COC(=O)CCCCCCCCCC(C)C)OC(=O)CCCCCCCCCCCC(C)C. The van der Waals surface area contributed by atoms with Gasteiger partial charge < -0.3 is 33.8 Å². The van der Waals surface area contributed by atoms with Crippen LogP contribution in [0.1, 0.15) is 338 Å². The molecule has 0 aromatic carbocycles. The second-order valence-electron chi connectivity index (χ2n) is 26.6. The molecule has 88 heavy (non-hydrogen) atoms. The molecule has 0 spiro atoms. The molecule has 19 heteroatoms. The highest BCUT2D eigenvalue weighted by Crippen LogP contribution is 2.45. The van der Waals surface area contributed by atoms with Crippen molar-refractivity contribution in [3.63, 3.8) is 0 Å². The number of hydrogen-bond donors (Lipinski definition) is 3. The number of rotatable bonds is 66. The predicted molar refractivity (Wildman–Crippen MR) is 354 cm³/mol. The molecule has 0 saturated heterocycles. The summed E-state index contributed by atoms with van der Waals surface area (Å²) in [4.78, 5) is 72.5. The minimum Gasteiger partial charge on any atom is -0.462 e. The molecule has 4 unspecified atom stereocenters. The van der Waals surface area contributed by atoms with Gasteiger partial charge in [0.25, 0.3) is 0 Å². The second kappa shape index (κ2) is 58.8. The molecule has 0 aliphatic heterocycles. The van der Waals surface area contributed by atoms with Gasteiger partial charge in [-0.05, 0) is 49.4 Å². The van der Waals surface area contributed by atoms with Gasteiger partial charge in [0, 0.05) is 25.7 Å². The molecule has 6 atom stereocenters. The van der Waals surface area contributed by atoms with Crippen LogP contribution in [-0.2, 0) is 65.4 Å². The molecule has 0 amide bonds. The van der Waals surface area contributed by atoms with E-state index in [1.54, 1.807) is 0 Å². The van der Waals surface area contributed by atoms with E-state index in [1.165, 1.54) is 135 Å². The van der Waals surface area contributed by atoms with E-state index in [1.807, 2.05) is 0 Å². The van der Waals surface area contributed by atoms with Gasteiger partial charge in [0.15, 0.2) is 12.2 Å². The van der Waals surface area contributed by atoms with E-state index < -0.39 is 97.5 Å². The van der Waals surface area contributed by atoms with Gasteiger partial charge in [-0.1, -0.05) is 287 Å². The topological polar surface area (TPSA) is 237 Å². The second-order valence-corrected chi connectivity index (χ2v) is 29.5. The normalized spacial score (nSPS) is 14.6. The van der Waals surface area contributed by atoms with E-state index in [2.05, 4.69) is 55.4 Å². The number of carbonyl (C=O) groups excluding carboxylic acids is 4. The van der Waals surface area contributed by atoms with E-state index in [0.29, 0.717) is 31.6 Å².